The molecule has 0 aliphatic heterocycles. The van der Waals surface area contributed by atoms with E-state index in [0.717, 1.165) is 16.8 Å². The van der Waals surface area contributed by atoms with Gasteiger partial charge in [0.15, 0.2) is 11.0 Å². The number of carbonyl (C=O) groups excluding carboxylic acids is 1. The van der Waals surface area contributed by atoms with Gasteiger partial charge >= 0.3 is 0 Å². The van der Waals surface area contributed by atoms with Crippen LogP contribution >= 0.6 is 11.8 Å². The van der Waals surface area contributed by atoms with Crippen molar-refractivity contribution in [1.82, 2.24) is 14.8 Å². The largest absolute Gasteiger partial charge is 0.486 e. The maximum absolute atomic E-state index is 12.3. The fourth-order valence-electron chi connectivity index (χ4n) is 2.68. The number of nitro benzene ring substituents is 1. The zero-order valence-corrected chi connectivity index (χ0v) is 17.6. The van der Waals surface area contributed by atoms with E-state index >= 15 is 0 Å². The molecule has 0 aliphatic carbocycles. The summed E-state index contributed by atoms with van der Waals surface area (Å²) >= 11 is 1.28. The van der Waals surface area contributed by atoms with Crippen molar-refractivity contribution in [3.05, 3.63) is 69.5 Å². The summed E-state index contributed by atoms with van der Waals surface area (Å²) in [6, 6.07) is 11.7. The summed E-state index contributed by atoms with van der Waals surface area (Å²) in [5, 5.41) is 22.4. The number of hydrogen-bond acceptors (Lipinski definition) is 7. The number of nitrogens with zero attached hydrogens (tertiary/aromatic N) is 4. The van der Waals surface area contributed by atoms with Crippen LogP contribution in [0.2, 0.25) is 0 Å². The van der Waals surface area contributed by atoms with E-state index in [1.54, 1.807) is 11.6 Å². The minimum atomic E-state index is -0.466. The zero-order chi connectivity index (χ0) is 21.7. The number of nitro groups is 1. The SMILES string of the molecule is Cc1ccc(NC(=O)CSc2nnc(COc3ccc([N+](=O)[O-])cc3)n2C)c(C)c1. The molecule has 0 aliphatic rings. The quantitative estimate of drug-likeness (QED) is 0.332. The van der Waals surface area contributed by atoms with E-state index < -0.39 is 4.92 Å². The number of aryl methyl sites for hydroxylation is 2. The van der Waals surface area contributed by atoms with Gasteiger partial charge in [-0.3, -0.25) is 14.9 Å². The van der Waals surface area contributed by atoms with Crippen molar-refractivity contribution in [2.45, 2.75) is 25.6 Å². The molecule has 30 heavy (non-hydrogen) atoms. The van der Waals surface area contributed by atoms with Crippen LogP contribution in [0.3, 0.4) is 0 Å². The maximum Gasteiger partial charge on any atom is 0.269 e. The van der Waals surface area contributed by atoms with Gasteiger partial charge in [0.25, 0.3) is 5.69 Å². The number of benzene rings is 2. The molecular formula is C20H21N5O4S. The second-order valence-corrected chi connectivity index (χ2v) is 7.60. The first-order valence-corrected chi connectivity index (χ1v) is 10.1. The molecule has 1 heterocycles. The van der Waals surface area contributed by atoms with Crippen LogP contribution in [-0.2, 0) is 18.4 Å². The Kier molecular flexibility index (Phi) is 6.68. The summed E-state index contributed by atoms with van der Waals surface area (Å²) in [6.07, 6.45) is 0. The fourth-order valence-corrected chi connectivity index (χ4v) is 3.41. The first kappa shape index (κ1) is 21.3. The van der Waals surface area contributed by atoms with Gasteiger partial charge in [0.05, 0.1) is 10.7 Å². The van der Waals surface area contributed by atoms with Crippen LogP contribution in [0.5, 0.6) is 5.75 Å². The maximum atomic E-state index is 12.3. The molecule has 1 N–H and O–H groups in total. The van der Waals surface area contributed by atoms with Gasteiger partial charge in [0, 0.05) is 24.9 Å². The number of aromatic nitrogens is 3. The van der Waals surface area contributed by atoms with E-state index in [1.807, 2.05) is 32.0 Å². The predicted molar refractivity (Wildman–Crippen MR) is 114 cm³/mol. The van der Waals surface area contributed by atoms with E-state index in [9.17, 15) is 14.9 Å². The second-order valence-electron chi connectivity index (χ2n) is 6.65. The Bertz CT molecular complexity index is 1070. The van der Waals surface area contributed by atoms with Crippen LogP contribution in [0.1, 0.15) is 17.0 Å². The third-order valence-corrected chi connectivity index (χ3v) is 5.35. The lowest BCUT2D eigenvalue weighted by Gasteiger charge is -2.09. The summed E-state index contributed by atoms with van der Waals surface area (Å²) < 4.78 is 7.36. The number of amides is 1. The third-order valence-electron chi connectivity index (χ3n) is 4.33. The standard InChI is InChI=1S/C20H21N5O4S/c1-13-4-9-17(14(2)10-13)21-19(26)12-30-20-23-22-18(24(20)3)11-29-16-7-5-15(6-8-16)25(27)28/h4-10H,11-12H2,1-3H3,(H,21,26). The number of thioether (sulfide) groups is 1. The highest BCUT2D eigenvalue weighted by molar-refractivity contribution is 7.99. The number of hydrogen-bond donors (Lipinski definition) is 1. The van der Waals surface area contributed by atoms with Gasteiger partial charge in [-0.25, -0.2) is 0 Å². The summed E-state index contributed by atoms with van der Waals surface area (Å²) in [5.74, 6) is 1.14. The molecule has 0 radical (unpaired) electrons. The van der Waals surface area contributed by atoms with Crippen LogP contribution in [0.25, 0.3) is 0 Å². The summed E-state index contributed by atoms with van der Waals surface area (Å²) in [4.78, 5) is 22.5. The first-order valence-electron chi connectivity index (χ1n) is 9.09. The third kappa shape index (κ3) is 5.35. The molecule has 0 bridgehead atoms. The Labute approximate surface area is 177 Å². The van der Waals surface area contributed by atoms with Crippen molar-refractivity contribution in [2.75, 3.05) is 11.1 Å². The zero-order valence-electron chi connectivity index (χ0n) is 16.8. The highest BCUT2D eigenvalue weighted by Gasteiger charge is 2.13. The van der Waals surface area contributed by atoms with Crippen LogP contribution in [0.15, 0.2) is 47.6 Å². The van der Waals surface area contributed by atoms with Gasteiger partial charge in [0.2, 0.25) is 5.91 Å². The molecule has 0 unspecified atom stereocenters. The van der Waals surface area contributed by atoms with Crippen molar-refractivity contribution >= 4 is 29.0 Å². The number of non-ortho nitro benzene ring substituents is 1. The van der Waals surface area contributed by atoms with Crippen LogP contribution < -0.4 is 10.1 Å². The molecule has 156 valence electrons. The number of ether oxygens (including phenoxy) is 1. The molecule has 9 nitrogen and oxygen atoms in total. The number of rotatable bonds is 8. The van der Waals surface area contributed by atoms with E-state index in [2.05, 4.69) is 15.5 Å². The molecule has 3 aromatic rings. The molecule has 0 saturated carbocycles. The van der Waals surface area contributed by atoms with Gasteiger partial charge in [0.1, 0.15) is 12.4 Å². The van der Waals surface area contributed by atoms with Crippen LogP contribution in [0, 0.1) is 24.0 Å². The van der Waals surface area contributed by atoms with Crippen molar-refractivity contribution in [3.8, 4) is 5.75 Å². The Morgan fingerprint density at radius 3 is 2.60 bits per heavy atom. The number of carbonyl (C=O) groups is 1. The van der Waals surface area contributed by atoms with Crippen molar-refractivity contribution in [3.63, 3.8) is 0 Å². The van der Waals surface area contributed by atoms with Gasteiger partial charge in [-0.1, -0.05) is 29.5 Å². The molecule has 0 fully saturated rings. The highest BCUT2D eigenvalue weighted by atomic mass is 32.2. The van der Waals surface area contributed by atoms with E-state index in [-0.39, 0.29) is 24.0 Å². The molecule has 10 heteroatoms. The topological polar surface area (TPSA) is 112 Å². The average molecular weight is 427 g/mol. The Balaban J connectivity index is 1.53. The monoisotopic (exact) mass is 427 g/mol. The van der Waals surface area contributed by atoms with Gasteiger partial charge < -0.3 is 14.6 Å². The van der Waals surface area contributed by atoms with Crippen LogP contribution in [0.4, 0.5) is 11.4 Å². The van der Waals surface area contributed by atoms with Gasteiger partial charge in [-0.05, 0) is 37.6 Å². The lowest BCUT2D eigenvalue weighted by molar-refractivity contribution is -0.384. The molecule has 2 aromatic carbocycles. The van der Waals surface area contributed by atoms with Crippen molar-refractivity contribution in [1.29, 1.82) is 0 Å². The predicted octanol–water partition coefficient (Wildman–Crippen LogP) is 3.65. The number of nitrogens with one attached hydrogen (secondary N) is 1. The summed E-state index contributed by atoms with van der Waals surface area (Å²) in [5.41, 5.74) is 2.94. The molecule has 1 amide bonds. The first-order chi connectivity index (χ1) is 14.3. The van der Waals surface area contributed by atoms with Crippen molar-refractivity contribution < 1.29 is 14.5 Å². The van der Waals surface area contributed by atoms with Crippen molar-refractivity contribution in [2.24, 2.45) is 7.05 Å². The molecule has 0 spiro atoms. The van der Waals surface area contributed by atoms with Gasteiger partial charge in [-0.15, -0.1) is 10.2 Å². The average Bonchev–Trinajstić information content (AvgIpc) is 3.07. The molecule has 0 saturated heterocycles. The van der Waals surface area contributed by atoms with Crippen LogP contribution in [-0.4, -0.2) is 31.3 Å². The molecular weight excluding hydrogens is 406 g/mol. The summed E-state index contributed by atoms with van der Waals surface area (Å²) in [7, 11) is 1.79. The lowest BCUT2D eigenvalue weighted by atomic mass is 10.1. The molecule has 3 rings (SSSR count). The number of anilines is 1. The minimum Gasteiger partial charge on any atom is -0.486 e. The molecule has 0 atom stereocenters. The Morgan fingerprint density at radius 2 is 1.93 bits per heavy atom. The highest BCUT2D eigenvalue weighted by Crippen LogP contribution is 2.21. The lowest BCUT2D eigenvalue weighted by Crippen LogP contribution is -2.15. The minimum absolute atomic E-state index is 0.00111. The molecule has 1 aromatic heterocycles. The Hall–Kier alpha value is -3.40. The normalized spacial score (nSPS) is 10.6. The second kappa shape index (κ2) is 9.40. The van der Waals surface area contributed by atoms with E-state index in [0.29, 0.717) is 16.7 Å². The van der Waals surface area contributed by atoms with E-state index in [4.69, 9.17) is 4.74 Å². The van der Waals surface area contributed by atoms with E-state index in [1.165, 1.54) is 36.0 Å². The Morgan fingerprint density at radius 1 is 1.20 bits per heavy atom. The van der Waals surface area contributed by atoms with Gasteiger partial charge in [-0.2, -0.15) is 0 Å². The fraction of sp³-hybridized carbons (Fsp3) is 0.250. The smallest absolute Gasteiger partial charge is 0.269 e. The summed E-state index contributed by atoms with van der Waals surface area (Å²) in [6.45, 7) is 4.11.